The van der Waals surface area contributed by atoms with Crippen LogP contribution in [-0.2, 0) is 12.8 Å². The molecule has 0 aliphatic carbocycles. The van der Waals surface area contributed by atoms with E-state index in [0.717, 1.165) is 24.3 Å². The lowest BCUT2D eigenvalue weighted by Crippen LogP contribution is -1.93. The molecule has 0 atom stereocenters. The zero-order valence-electron chi connectivity index (χ0n) is 10.1. The molecule has 0 unspecified atom stereocenters. The Hall–Kier alpha value is -1.97. The number of oxazole rings is 1. The number of aromatic nitrogens is 1. The molecule has 1 aromatic heterocycles. The fourth-order valence-electron chi connectivity index (χ4n) is 1.64. The van der Waals surface area contributed by atoms with Crippen LogP contribution in [-0.4, -0.2) is 19.1 Å². The first-order valence-corrected chi connectivity index (χ1v) is 5.57. The molecule has 4 heteroatoms. The van der Waals surface area contributed by atoms with Gasteiger partial charge in [0, 0.05) is 7.05 Å². The maximum atomic E-state index is 5.20. The quantitative estimate of drug-likeness (QED) is 0.860. The minimum Gasteiger partial charge on any atom is -0.497 e. The number of nitrogens with zero attached hydrogens (tertiary/aromatic N) is 1. The Labute approximate surface area is 101 Å². The van der Waals surface area contributed by atoms with Gasteiger partial charge in [-0.15, -0.1) is 0 Å². The Kier molecular flexibility index (Phi) is 3.65. The minimum atomic E-state index is 0.561. The Morgan fingerprint density at radius 2 is 2.24 bits per heavy atom. The Morgan fingerprint density at radius 1 is 1.35 bits per heavy atom. The normalized spacial score (nSPS) is 10.2. The molecule has 0 saturated carbocycles. The van der Waals surface area contributed by atoms with Gasteiger partial charge in [-0.3, -0.25) is 0 Å². The van der Waals surface area contributed by atoms with Crippen LogP contribution in [0.5, 0.6) is 5.75 Å². The number of rotatable bonds is 5. The average Bonchev–Trinajstić information content (AvgIpc) is 2.84. The molecule has 90 valence electrons. The number of anilines is 1. The van der Waals surface area contributed by atoms with E-state index in [4.69, 9.17) is 9.15 Å². The molecule has 2 rings (SSSR count). The molecule has 17 heavy (non-hydrogen) atoms. The molecule has 0 spiro atoms. The summed E-state index contributed by atoms with van der Waals surface area (Å²) in [5.74, 6) is 0.888. The van der Waals surface area contributed by atoms with Crippen LogP contribution in [0.4, 0.5) is 6.01 Å². The summed E-state index contributed by atoms with van der Waals surface area (Å²) in [6.45, 7) is 0. The van der Waals surface area contributed by atoms with Crippen molar-refractivity contribution < 1.29 is 9.15 Å². The zero-order chi connectivity index (χ0) is 12.1. The first-order valence-electron chi connectivity index (χ1n) is 5.57. The molecule has 0 fully saturated rings. The standard InChI is InChI=1S/C13H16N2O2/c1-14-13-15-11(9-17-13)7-6-10-4-3-5-12(8-10)16-2/h3-5,8-9H,6-7H2,1-2H3,(H,14,15). The van der Waals surface area contributed by atoms with Crippen molar-refractivity contribution in [3.8, 4) is 5.75 Å². The van der Waals surface area contributed by atoms with Crippen molar-refractivity contribution in [3.05, 3.63) is 41.8 Å². The van der Waals surface area contributed by atoms with Crippen molar-refractivity contribution in [1.29, 1.82) is 0 Å². The molecule has 2 aromatic rings. The van der Waals surface area contributed by atoms with Gasteiger partial charge in [0.05, 0.1) is 12.8 Å². The van der Waals surface area contributed by atoms with E-state index in [1.165, 1.54) is 5.56 Å². The van der Waals surface area contributed by atoms with E-state index < -0.39 is 0 Å². The molecule has 1 heterocycles. The molecular weight excluding hydrogens is 216 g/mol. The summed E-state index contributed by atoms with van der Waals surface area (Å²) < 4.78 is 10.4. The first kappa shape index (κ1) is 11.5. The van der Waals surface area contributed by atoms with Crippen LogP contribution < -0.4 is 10.1 Å². The third-order valence-electron chi connectivity index (χ3n) is 2.57. The van der Waals surface area contributed by atoms with E-state index in [2.05, 4.69) is 16.4 Å². The van der Waals surface area contributed by atoms with E-state index in [0.29, 0.717) is 6.01 Å². The second kappa shape index (κ2) is 5.39. The van der Waals surface area contributed by atoms with Crippen molar-refractivity contribution in [1.82, 2.24) is 4.98 Å². The van der Waals surface area contributed by atoms with Crippen LogP contribution in [0.2, 0.25) is 0 Å². The zero-order valence-corrected chi connectivity index (χ0v) is 10.1. The number of ether oxygens (including phenoxy) is 1. The van der Waals surface area contributed by atoms with E-state index >= 15 is 0 Å². The lowest BCUT2D eigenvalue weighted by Gasteiger charge is -2.02. The molecule has 4 nitrogen and oxygen atoms in total. The van der Waals surface area contributed by atoms with Crippen LogP contribution in [0, 0.1) is 0 Å². The summed E-state index contributed by atoms with van der Waals surface area (Å²) in [6.07, 6.45) is 3.47. The maximum absolute atomic E-state index is 5.20. The van der Waals surface area contributed by atoms with Crippen LogP contribution in [0.1, 0.15) is 11.3 Å². The highest BCUT2D eigenvalue weighted by molar-refractivity contribution is 5.29. The lowest BCUT2D eigenvalue weighted by atomic mass is 10.1. The van der Waals surface area contributed by atoms with Gasteiger partial charge in [0.15, 0.2) is 0 Å². The van der Waals surface area contributed by atoms with Crippen molar-refractivity contribution >= 4 is 6.01 Å². The van der Waals surface area contributed by atoms with E-state index in [-0.39, 0.29) is 0 Å². The van der Waals surface area contributed by atoms with E-state index in [1.54, 1.807) is 20.4 Å². The second-order valence-electron chi connectivity index (χ2n) is 3.75. The molecule has 0 bridgehead atoms. The van der Waals surface area contributed by atoms with Crippen molar-refractivity contribution in [2.24, 2.45) is 0 Å². The largest absolute Gasteiger partial charge is 0.497 e. The number of hydrogen-bond donors (Lipinski definition) is 1. The molecule has 0 amide bonds. The fraction of sp³-hybridized carbons (Fsp3) is 0.308. The summed E-state index contributed by atoms with van der Waals surface area (Å²) in [5.41, 5.74) is 2.19. The summed E-state index contributed by atoms with van der Waals surface area (Å²) in [5, 5.41) is 2.87. The minimum absolute atomic E-state index is 0.561. The third kappa shape index (κ3) is 3.00. The number of methoxy groups -OCH3 is 1. The monoisotopic (exact) mass is 232 g/mol. The molecule has 0 saturated heterocycles. The topological polar surface area (TPSA) is 47.3 Å². The predicted octanol–water partition coefficient (Wildman–Crippen LogP) is 2.51. The number of nitrogens with one attached hydrogen (secondary N) is 1. The first-order chi connectivity index (χ1) is 8.31. The van der Waals surface area contributed by atoms with Crippen LogP contribution in [0.25, 0.3) is 0 Å². The number of hydrogen-bond acceptors (Lipinski definition) is 4. The summed E-state index contributed by atoms with van der Waals surface area (Å²) in [7, 11) is 3.47. The molecule has 0 radical (unpaired) electrons. The summed E-state index contributed by atoms with van der Waals surface area (Å²) in [4.78, 5) is 4.28. The molecule has 0 aliphatic heterocycles. The van der Waals surface area contributed by atoms with Gasteiger partial charge < -0.3 is 14.5 Å². The smallest absolute Gasteiger partial charge is 0.294 e. The maximum Gasteiger partial charge on any atom is 0.294 e. The molecule has 0 aliphatic rings. The fourth-order valence-corrected chi connectivity index (χ4v) is 1.64. The van der Waals surface area contributed by atoms with Gasteiger partial charge in [0.1, 0.15) is 12.0 Å². The van der Waals surface area contributed by atoms with Crippen molar-refractivity contribution in [2.75, 3.05) is 19.5 Å². The van der Waals surface area contributed by atoms with Gasteiger partial charge in [-0.05, 0) is 30.5 Å². The SMILES string of the molecule is CNc1nc(CCc2cccc(OC)c2)co1. The van der Waals surface area contributed by atoms with Crippen LogP contribution in [0.15, 0.2) is 34.9 Å². The third-order valence-corrected chi connectivity index (χ3v) is 2.57. The number of benzene rings is 1. The summed E-state index contributed by atoms with van der Waals surface area (Å²) in [6, 6.07) is 8.63. The van der Waals surface area contributed by atoms with Gasteiger partial charge in [-0.2, -0.15) is 4.98 Å². The highest BCUT2D eigenvalue weighted by Crippen LogP contribution is 2.15. The molecular formula is C13H16N2O2. The summed E-state index contributed by atoms with van der Waals surface area (Å²) >= 11 is 0. The molecule has 1 aromatic carbocycles. The van der Waals surface area contributed by atoms with Crippen molar-refractivity contribution in [3.63, 3.8) is 0 Å². The van der Waals surface area contributed by atoms with Crippen LogP contribution >= 0.6 is 0 Å². The lowest BCUT2D eigenvalue weighted by molar-refractivity contribution is 0.414. The van der Waals surface area contributed by atoms with Gasteiger partial charge in [0.2, 0.25) is 0 Å². The van der Waals surface area contributed by atoms with Gasteiger partial charge in [-0.25, -0.2) is 0 Å². The second-order valence-corrected chi connectivity index (χ2v) is 3.75. The van der Waals surface area contributed by atoms with E-state index in [9.17, 15) is 0 Å². The highest BCUT2D eigenvalue weighted by atomic mass is 16.5. The molecule has 1 N–H and O–H groups in total. The van der Waals surface area contributed by atoms with Gasteiger partial charge >= 0.3 is 0 Å². The Balaban J connectivity index is 1.96. The highest BCUT2D eigenvalue weighted by Gasteiger charge is 2.03. The number of aryl methyl sites for hydroxylation is 2. The van der Waals surface area contributed by atoms with Gasteiger partial charge in [-0.1, -0.05) is 12.1 Å². The van der Waals surface area contributed by atoms with E-state index in [1.807, 2.05) is 18.2 Å². The predicted molar refractivity (Wildman–Crippen MR) is 66.5 cm³/mol. The van der Waals surface area contributed by atoms with Crippen molar-refractivity contribution in [2.45, 2.75) is 12.8 Å². The Bertz CT molecular complexity index is 480. The van der Waals surface area contributed by atoms with Gasteiger partial charge in [0.25, 0.3) is 6.01 Å². The van der Waals surface area contributed by atoms with Crippen LogP contribution in [0.3, 0.4) is 0 Å². The Morgan fingerprint density at radius 3 is 2.94 bits per heavy atom. The average molecular weight is 232 g/mol.